The number of nitrogens with one attached hydrogen (secondary N) is 1. The molecule has 0 heterocycles. The van der Waals surface area contributed by atoms with E-state index < -0.39 is 28.7 Å². The van der Waals surface area contributed by atoms with Gasteiger partial charge >= 0.3 is 5.97 Å². The van der Waals surface area contributed by atoms with E-state index in [9.17, 15) is 24.5 Å². The van der Waals surface area contributed by atoms with Crippen molar-refractivity contribution >= 4 is 23.5 Å². The lowest BCUT2D eigenvalue weighted by molar-refractivity contribution is -0.384. The van der Waals surface area contributed by atoms with Crippen molar-refractivity contribution in [2.75, 3.05) is 13.6 Å². The maximum Gasteiger partial charge on any atom is 0.326 e. The van der Waals surface area contributed by atoms with Crippen molar-refractivity contribution in [1.29, 1.82) is 0 Å². The number of aliphatic carboxylic acids is 1. The Morgan fingerprint density at radius 3 is 2.35 bits per heavy atom. The van der Waals surface area contributed by atoms with E-state index in [1.807, 2.05) is 0 Å². The zero-order valence-electron chi connectivity index (χ0n) is 12.7. The van der Waals surface area contributed by atoms with Gasteiger partial charge in [0.05, 0.1) is 4.92 Å². The van der Waals surface area contributed by atoms with E-state index in [2.05, 4.69) is 5.32 Å². The van der Waals surface area contributed by atoms with Crippen LogP contribution in [0.25, 0.3) is 0 Å². The van der Waals surface area contributed by atoms with Gasteiger partial charge < -0.3 is 15.3 Å². The van der Waals surface area contributed by atoms with E-state index in [0.717, 1.165) is 4.90 Å². The summed E-state index contributed by atoms with van der Waals surface area (Å²) in [6.45, 7) is 1.42. The normalized spacial score (nSPS) is 11.4. The topological polar surface area (TPSA) is 130 Å². The molecule has 2 amide bonds. The molecular formula is C14H17N3O6. The minimum atomic E-state index is -1.12. The molecule has 0 aromatic heterocycles. The molecule has 23 heavy (non-hydrogen) atoms. The van der Waals surface area contributed by atoms with Crippen LogP contribution in [0.3, 0.4) is 0 Å². The molecule has 0 spiro atoms. The zero-order chi connectivity index (χ0) is 17.6. The van der Waals surface area contributed by atoms with Gasteiger partial charge in [0.15, 0.2) is 0 Å². The lowest BCUT2D eigenvalue weighted by atomic mass is 10.2. The quantitative estimate of drug-likeness (QED) is 0.559. The number of amides is 2. The summed E-state index contributed by atoms with van der Waals surface area (Å²) >= 11 is 0. The van der Waals surface area contributed by atoms with Gasteiger partial charge in [0.1, 0.15) is 6.04 Å². The number of hydrogen-bond donors (Lipinski definition) is 2. The summed E-state index contributed by atoms with van der Waals surface area (Å²) in [5.74, 6) is -2.00. The standard InChI is InChI=1S/C14H17N3O6/c1-9(14(20)21)16(2)12(18)7-8-15-13(19)10-3-5-11(6-4-10)17(22)23/h3-6,9H,7-8H2,1-2H3,(H,15,19)(H,20,21). The highest BCUT2D eigenvalue weighted by molar-refractivity contribution is 5.94. The molecule has 0 aliphatic carbocycles. The second kappa shape index (κ2) is 7.87. The molecule has 0 saturated heterocycles. The molecule has 1 aromatic carbocycles. The summed E-state index contributed by atoms with van der Waals surface area (Å²) in [5, 5.41) is 21.8. The van der Waals surface area contributed by atoms with Crippen molar-refractivity contribution in [1.82, 2.24) is 10.2 Å². The van der Waals surface area contributed by atoms with Gasteiger partial charge in [0, 0.05) is 37.7 Å². The Labute approximate surface area is 132 Å². The number of non-ortho nitro benzene ring substituents is 1. The number of nitro benzene ring substituents is 1. The Balaban J connectivity index is 2.49. The number of carbonyl (C=O) groups is 3. The maximum atomic E-state index is 11.8. The van der Waals surface area contributed by atoms with E-state index in [1.165, 1.54) is 38.2 Å². The molecule has 0 aliphatic rings. The van der Waals surface area contributed by atoms with E-state index in [4.69, 9.17) is 5.11 Å². The molecule has 0 saturated carbocycles. The first kappa shape index (κ1) is 18.1. The number of hydrogen-bond acceptors (Lipinski definition) is 5. The van der Waals surface area contributed by atoms with Crippen molar-refractivity contribution in [3.63, 3.8) is 0 Å². The van der Waals surface area contributed by atoms with Crippen LogP contribution >= 0.6 is 0 Å². The Kier molecular flexibility index (Phi) is 6.19. The van der Waals surface area contributed by atoms with Crippen LogP contribution in [-0.2, 0) is 9.59 Å². The molecule has 124 valence electrons. The summed E-state index contributed by atoms with van der Waals surface area (Å²) in [7, 11) is 1.37. The van der Waals surface area contributed by atoms with Crippen molar-refractivity contribution in [3.05, 3.63) is 39.9 Å². The summed E-state index contributed by atoms with van der Waals surface area (Å²) in [6.07, 6.45) is -0.0488. The first-order valence-corrected chi connectivity index (χ1v) is 6.75. The number of likely N-dealkylation sites (N-methyl/N-ethyl adjacent to an activating group) is 1. The second-order valence-corrected chi connectivity index (χ2v) is 4.83. The summed E-state index contributed by atoms with van der Waals surface area (Å²) in [5.41, 5.74) is 0.108. The molecule has 0 radical (unpaired) electrons. The highest BCUT2D eigenvalue weighted by Gasteiger charge is 2.21. The summed E-state index contributed by atoms with van der Waals surface area (Å²) in [4.78, 5) is 45.4. The molecule has 1 aromatic rings. The SMILES string of the molecule is CC(C(=O)O)N(C)C(=O)CCNC(=O)c1ccc([N+](=O)[O-])cc1. The van der Waals surface area contributed by atoms with Gasteiger partial charge in [-0.2, -0.15) is 0 Å². The molecule has 1 atom stereocenters. The fourth-order valence-corrected chi connectivity index (χ4v) is 1.68. The van der Waals surface area contributed by atoms with E-state index in [1.54, 1.807) is 0 Å². The monoisotopic (exact) mass is 323 g/mol. The van der Waals surface area contributed by atoms with Gasteiger partial charge in [-0.25, -0.2) is 4.79 Å². The van der Waals surface area contributed by atoms with Gasteiger partial charge in [-0.3, -0.25) is 19.7 Å². The van der Waals surface area contributed by atoms with Crippen LogP contribution in [-0.4, -0.2) is 52.3 Å². The average Bonchev–Trinajstić information content (AvgIpc) is 2.53. The van der Waals surface area contributed by atoms with Crippen molar-refractivity contribution in [2.45, 2.75) is 19.4 Å². The Bertz CT molecular complexity index is 613. The van der Waals surface area contributed by atoms with Gasteiger partial charge in [0.2, 0.25) is 5.91 Å². The summed E-state index contributed by atoms with van der Waals surface area (Å²) in [6, 6.07) is 4.10. The van der Waals surface area contributed by atoms with Crippen LogP contribution in [0, 0.1) is 10.1 Å². The first-order chi connectivity index (χ1) is 10.7. The van der Waals surface area contributed by atoms with Crippen molar-refractivity contribution < 1.29 is 24.4 Å². The minimum absolute atomic E-state index is 0.0331. The number of benzene rings is 1. The van der Waals surface area contributed by atoms with Crippen molar-refractivity contribution in [3.8, 4) is 0 Å². The third-order valence-corrected chi connectivity index (χ3v) is 3.30. The molecule has 1 unspecified atom stereocenters. The lowest BCUT2D eigenvalue weighted by Crippen LogP contribution is -2.41. The molecule has 9 nitrogen and oxygen atoms in total. The van der Waals surface area contributed by atoms with E-state index in [0.29, 0.717) is 0 Å². The van der Waals surface area contributed by atoms with Crippen LogP contribution in [0.4, 0.5) is 5.69 Å². The van der Waals surface area contributed by atoms with E-state index >= 15 is 0 Å². The molecule has 0 aliphatic heterocycles. The highest BCUT2D eigenvalue weighted by atomic mass is 16.6. The zero-order valence-corrected chi connectivity index (χ0v) is 12.7. The largest absolute Gasteiger partial charge is 0.480 e. The third-order valence-electron chi connectivity index (χ3n) is 3.30. The van der Waals surface area contributed by atoms with Crippen LogP contribution in [0.15, 0.2) is 24.3 Å². The van der Waals surface area contributed by atoms with Crippen LogP contribution in [0.2, 0.25) is 0 Å². The van der Waals surface area contributed by atoms with Gasteiger partial charge in [-0.15, -0.1) is 0 Å². The number of carboxylic acids is 1. The Morgan fingerprint density at radius 2 is 1.87 bits per heavy atom. The van der Waals surface area contributed by atoms with Gasteiger partial charge in [-0.1, -0.05) is 0 Å². The molecule has 2 N–H and O–H groups in total. The Hall–Kier alpha value is -2.97. The molecule has 1 rings (SSSR count). The van der Waals surface area contributed by atoms with Crippen LogP contribution < -0.4 is 5.32 Å². The van der Waals surface area contributed by atoms with Gasteiger partial charge in [0.25, 0.3) is 11.6 Å². The van der Waals surface area contributed by atoms with Crippen LogP contribution in [0.1, 0.15) is 23.7 Å². The van der Waals surface area contributed by atoms with Crippen LogP contribution in [0.5, 0.6) is 0 Å². The second-order valence-electron chi connectivity index (χ2n) is 4.83. The first-order valence-electron chi connectivity index (χ1n) is 6.75. The summed E-state index contributed by atoms with van der Waals surface area (Å²) < 4.78 is 0. The molecule has 0 fully saturated rings. The number of carbonyl (C=O) groups excluding carboxylic acids is 2. The minimum Gasteiger partial charge on any atom is -0.480 e. The van der Waals surface area contributed by atoms with Gasteiger partial charge in [-0.05, 0) is 19.1 Å². The molecule has 9 heteroatoms. The number of nitrogens with zero attached hydrogens (tertiary/aromatic N) is 2. The maximum absolute atomic E-state index is 11.8. The highest BCUT2D eigenvalue weighted by Crippen LogP contribution is 2.11. The fraction of sp³-hybridized carbons (Fsp3) is 0.357. The number of carboxylic acid groups (broad SMARTS) is 1. The van der Waals surface area contributed by atoms with E-state index in [-0.39, 0.29) is 24.2 Å². The lowest BCUT2D eigenvalue weighted by Gasteiger charge is -2.21. The average molecular weight is 323 g/mol. The number of nitro groups is 1. The predicted octanol–water partition coefficient (Wildman–Crippen LogP) is 0.646. The molecular weight excluding hydrogens is 306 g/mol. The Morgan fingerprint density at radius 1 is 1.30 bits per heavy atom. The molecule has 0 bridgehead atoms. The third kappa shape index (κ3) is 5.06. The smallest absolute Gasteiger partial charge is 0.326 e. The number of rotatable bonds is 7. The van der Waals surface area contributed by atoms with Crippen molar-refractivity contribution in [2.24, 2.45) is 0 Å². The predicted molar refractivity (Wildman–Crippen MR) is 79.9 cm³/mol. The fourth-order valence-electron chi connectivity index (χ4n) is 1.68.